The molecule has 3 rings (SSSR count). The van der Waals surface area contributed by atoms with Crippen molar-refractivity contribution < 1.29 is 19.8 Å². The molecular formula is C13H15N3O4S2. The lowest BCUT2D eigenvalue weighted by molar-refractivity contribution is -0.163. The molecule has 0 aliphatic carbocycles. The maximum Gasteiger partial charge on any atom is 0.352 e. The van der Waals surface area contributed by atoms with Crippen molar-refractivity contribution in [3.8, 4) is 0 Å². The minimum atomic E-state index is -1.10. The molecule has 2 aliphatic heterocycles. The van der Waals surface area contributed by atoms with Crippen LogP contribution in [0.2, 0.25) is 0 Å². The van der Waals surface area contributed by atoms with Gasteiger partial charge in [-0.05, 0) is 12.5 Å². The number of rotatable bonds is 5. The van der Waals surface area contributed by atoms with Crippen LogP contribution in [0, 0.1) is 11.8 Å². The van der Waals surface area contributed by atoms with Gasteiger partial charge in [-0.25, -0.2) is 4.79 Å². The fraction of sp³-hybridized carbons (Fsp3) is 0.538. The predicted octanol–water partition coefficient (Wildman–Crippen LogP) is 0.826. The number of carboxylic acid groups (broad SMARTS) is 1. The Bertz CT molecular complexity index is 644. The van der Waals surface area contributed by atoms with Gasteiger partial charge in [0.25, 0.3) is 0 Å². The number of carbonyl (C=O) groups excluding carboxylic acids is 1. The summed E-state index contributed by atoms with van der Waals surface area (Å²) in [7, 11) is 0. The van der Waals surface area contributed by atoms with Crippen LogP contribution in [-0.2, 0) is 9.59 Å². The standard InChI is InChI=1S/C13H15N3O4S2/c1-5-7(3-21-13-15-14-4-22-13)10(12(19)20)16-9(5)8(6(2)17)11(16)18/h4-6,8-9,17H,3H2,1-2H3,(H,19,20)/t5-,6+,8+,9-/m0/s1. The number of aliphatic carboxylic acids is 1. The summed E-state index contributed by atoms with van der Waals surface area (Å²) in [6.07, 6.45) is -0.776. The third kappa shape index (κ3) is 2.24. The number of carboxylic acids is 1. The third-order valence-corrected chi connectivity index (χ3v) is 6.12. The van der Waals surface area contributed by atoms with E-state index < -0.39 is 18.0 Å². The number of carbonyl (C=O) groups is 2. The molecule has 0 saturated carbocycles. The summed E-state index contributed by atoms with van der Waals surface area (Å²) in [6.45, 7) is 3.48. The van der Waals surface area contributed by atoms with Crippen molar-refractivity contribution in [1.82, 2.24) is 15.1 Å². The Morgan fingerprint density at radius 1 is 1.59 bits per heavy atom. The summed E-state index contributed by atoms with van der Waals surface area (Å²) in [4.78, 5) is 25.1. The van der Waals surface area contributed by atoms with E-state index in [9.17, 15) is 19.8 Å². The van der Waals surface area contributed by atoms with Gasteiger partial charge in [0.05, 0.1) is 18.1 Å². The van der Waals surface area contributed by atoms with E-state index in [4.69, 9.17) is 0 Å². The highest BCUT2D eigenvalue weighted by Crippen LogP contribution is 2.48. The molecule has 1 fully saturated rings. The molecule has 3 heterocycles. The number of nitrogens with zero attached hydrogens (tertiary/aromatic N) is 3. The Balaban J connectivity index is 1.87. The molecule has 0 radical (unpaired) electrons. The second kappa shape index (κ2) is 5.64. The van der Waals surface area contributed by atoms with Crippen LogP contribution >= 0.6 is 23.1 Å². The van der Waals surface area contributed by atoms with Crippen LogP contribution in [0.5, 0.6) is 0 Å². The number of hydrogen-bond acceptors (Lipinski definition) is 7. The van der Waals surface area contributed by atoms with Crippen molar-refractivity contribution in [2.24, 2.45) is 11.8 Å². The average molecular weight is 341 g/mol. The van der Waals surface area contributed by atoms with Gasteiger partial charge in [0.15, 0.2) is 4.34 Å². The van der Waals surface area contributed by atoms with E-state index in [1.54, 1.807) is 12.4 Å². The molecule has 4 atom stereocenters. The van der Waals surface area contributed by atoms with E-state index in [-0.39, 0.29) is 23.6 Å². The van der Waals surface area contributed by atoms with Gasteiger partial charge in [-0.2, -0.15) is 0 Å². The number of aliphatic hydroxyl groups excluding tert-OH is 1. The first-order chi connectivity index (χ1) is 10.4. The minimum Gasteiger partial charge on any atom is -0.477 e. The largest absolute Gasteiger partial charge is 0.477 e. The van der Waals surface area contributed by atoms with Crippen molar-refractivity contribution in [2.45, 2.75) is 30.3 Å². The second-order valence-corrected chi connectivity index (χ2v) is 7.48. The van der Waals surface area contributed by atoms with E-state index >= 15 is 0 Å². The van der Waals surface area contributed by atoms with Crippen LogP contribution < -0.4 is 0 Å². The molecule has 1 saturated heterocycles. The molecule has 0 unspecified atom stereocenters. The minimum absolute atomic E-state index is 0.0661. The van der Waals surface area contributed by atoms with Crippen LogP contribution in [0.1, 0.15) is 13.8 Å². The third-order valence-electron chi connectivity index (χ3n) is 4.21. The maximum atomic E-state index is 12.2. The Hall–Kier alpha value is -1.45. The molecule has 22 heavy (non-hydrogen) atoms. The Labute approximate surface area is 135 Å². The molecule has 118 valence electrons. The number of hydrogen-bond donors (Lipinski definition) is 2. The Morgan fingerprint density at radius 2 is 2.32 bits per heavy atom. The highest BCUT2D eigenvalue weighted by atomic mass is 32.2. The summed E-state index contributed by atoms with van der Waals surface area (Å²) in [5.74, 6) is -1.57. The van der Waals surface area contributed by atoms with Gasteiger partial charge in [0, 0.05) is 11.7 Å². The van der Waals surface area contributed by atoms with Crippen LogP contribution in [0.3, 0.4) is 0 Å². The van der Waals surface area contributed by atoms with Crippen molar-refractivity contribution in [3.63, 3.8) is 0 Å². The summed E-state index contributed by atoms with van der Waals surface area (Å²) in [5.41, 5.74) is 2.40. The summed E-state index contributed by atoms with van der Waals surface area (Å²) < 4.78 is 0.761. The normalized spacial score (nSPS) is 28.6. The quantitative estimate of drug-likeness (QED) is 0.604. The molecule has 0 bridgehead atoms. The average Bonchev–Trinajstić information content (AvgIpc) is 3.02. The number of fused-ring (bicyclic) bond motifs is 1. The lowest BCUT2D eigenvalue weighted by Crippen LogP contribution is -2.63. The van der Waals surface area contributed by atoms with Gasteiger partial charge in [-0.1, -0.05) is 30.0 Å². The van der Waals surface area contributed by atoms with Crippen molar-refractivity contribution in [2.75, 3.05) is 5.75 Å². The molecule has 7 nitrogen and oxygen atoms in total. The molecule has 2 N–H and O–H groups in total. The topological polar surface area (TPSA) is 104 Å². The second-order valence-electron chi connectivity index (χ2n) is 5.43. The van der Waals surface area contributed by atoms with Gasteiger partial charge >= 0.3 is 5.97 Å². The lowest BCUT2D eigenvalue weighted by atomic mass is 9.78. The molecule has 1 amide bonds. The fourth-order valence-corrected chi connectivity index (χ4v) is 4.84. The zero-order valence-electron chi connectivity index (χ0n) is 12.0. The molecule has 0 aromatic carbocycles. The lowest BCUT2D eigenvalue weighted by Gasteiger charge is -2.46. The summed E-state index contributed by atoms with van der Waals surface area (Å²) in [5, 5.41) is 26.9. The number of aromatic nitrogens is 2. The summed E-state index contributed by atoms with van der Waals surface area (Å²) >= 11 is 2.81. The van der Waals surface area contributed by atoms with E-state index in [1.807, 2.05) is 6.92 Å². The molecule has 1 aromatic rings. The van der Waals surface area contributed by atoms with Crippen LogP contribution in [-0.4, -0.2) is 55.1 Å². The van der Waals surface area contributed by atoms with Gasteiger partial charge in [0.1, 0.15) is 11.2 Å². The molecule has 1 aromatic heterocycles. The number of aliphatic hydroxyl groups is 1. The maximum absolute atomic E-state index is 12.2. The van der Waals surface area contributed by atoms with E-state index in [1.165, 1.54) is 28.0 Å². The van der Waals surface area contributed by atoms with E-state index in [2.05, 4.69) is 10.2 Å². The monoisotopic (exact) mass is 341 g/mol. The van der Waals surface area contributed by atoms with Gasteiger partial charge in [0.2, 0.25) is 5.91 Å². The molecular weight excluding hydrogens is 326 g/mol. The van der Waals surface area contributed by atoms with Crippen LogP contribution in [0.25, 0.3) is 0 Å². The SMILES string of the molecule is C[C@@H](O)[C@H]1C(=O)N2C(C(=O)O)=C(CSc3nncs3)[C@H](C)[C@@H]12. The smallest absolute Gasteiger partial charge is 0.352 e. The van der Waals surface area contributed by atoms with E-state index in [0.29, 0.717) is 11.3 Å². The fourth-order valence-electron chi connectivity index (χ4n) is 3.20. The Kier molecular flexibility index (Phi) is 3.96. The molecule has 9 heteroatoms. The van der Waals surface area contributed by atoms with Gasteiger partial charge in [-0.3, -0.25) is 4.79 Å². The highest BCUT2D eigenvalue weighted by molar-refractivity contribution is 8.01. The van der Waals surface area contributed by atoms with Crippen molar-refractivity contribution in [3.05, 3.63) is 16.8 Å². The first-order valence-electron chi connectivity index (χ1n) is 6.80. The highest BCUT2D eigenvalue weighted by Gasteiger charge is 2.59. The van der Waals surface area contributed by atoms with Gasteiger partial charge < -0.3 is 15.1 Å². The first-order valence-corrected chi connectivity index (χ1v) is 8.66. The number of thioether (sulfide) groups is 1. The van der Waals surface area contributed by atoms with E-state index in [0.717, 1.165) is 4.34 Å². The van der Waals surface area contributed by atoms with Crippen LogP contribution in [0.15, 0.2) is 21.1 Å². The number of β-lactam (4-membered cyclic amide) rings is 1. The number of amides is 1. The molecule has 2 aliphatic rings. The Morgan fingerprint density at radius 3 is 2.86 bits per heavy atom. The van der Waals surface area contributed by atoms with Crippen LogP contribution in [0.4, 0.5) is 0 Å². The first kappa shape index (κ1) is 15.4. The van der Waals surface area contributed by atoms with Gasteiger partial charge in [-0.15, -0.1) is 10.2 Å². The summed E-state index contributed by atoms with van der Waals surface area (Å²) in [6, 6.07) is -0.261. The zero-order chi connectivity index (χ0) is 16.0. The molecule has 0 spiro atoms. The van der Waals surface area contributed by atoms with Crippen molar-refractivity contribution >= 4 is 35.0 Å². The zero-order valence-corrected chi connectivity index (χ0v) is 13.6. The predicted molar refractivity (Wildman–Crippen MR) is 80.3 cm³/mol. The van der Waals surface area contributed by atoms with Crippen molar-refractivity contribution in [1.29, 1.82) is 0 Å².